The highest BCUT2D eigenvalue weighted by Crippen LogP contribution is 2.36. The van der Waals surface area contributed by atoms with Gasteiger partial charge in [0.15, 0.2) is 0 Å². The molecule has 0 saturated heterocycles. The van der Waals surface area contributed by atoms with Crippen molar-refractivity contribution in [2.24, 2.45) is 0 Å². The van der Waals surface area contributed by atoms with Crippen LogP contribution in [0.2, 0.25) is 5.02 Å². The lowest BCUT2D eigenvalue weighted by Gasteiger charge is -2.30. The van der Waals surface area contributed by atoms with Crippen molar-refractivity contribution in [3.8, 4) is 0 Å². The van der Waals surface area contributed by atoms with Crippen LogP contribution in [0.1, 0.15) is 29.7 Å². The minimum atomic E-state index is -0.223. The maximum atomic E-state index is 12.7. The normalized spacial score (nSPS) is 13.3. The fraction of sp³-hybridized carbons (Fsp3) is 0.350. The molecule has 0 fully saturated rings. The number of rotatable bonds is 4. The molecule has 5 nitrogen and oxygen atoms in total. The van der Waals surface area contributed by atoms with Gasteiger partial charge in [-0.15, -0.1) is 11.8 Å². The fourth-order valence-corrected chi connectivity index (χ4v) is 4.48. The van der Waals surface area contributed by atoms with Crippen molar-refractivity contribution >= 4 is 46.6 Å². The zero-order valence-electron chi connectivity index (χ0n) is 15.6. The second kappa shape index (κ2) is 8.31. The second-order valence-corrected chi connectivity index (χ2v) is 8.15. The van der Waals surface area contributed by atoms with Crippen LogP contribution in [0.4, 0.5) is 11.4 Å². The van der Waals surface area contributed by atoms with Gasteiger partial charge < -0.3 is 10.2 Å². The summed E-state index contributed by atoms with van der Waals surface area (Å²) in [5, 5.41) is 4.16. The van der Waals surface area contributed by atoms with Gasteiger partial charge in [-0.2, -0.15) is 0 Å². The molecule has 1 aliphatic heterocycles. The van der Waals surface area contributed by atoms with Crippen LogP contribution < -0.4 is 10.2 Å². The average molecular weight is 404 g/mol. The molecule has 1 aliphatic rings. The summed E-state index contributed by atoms with van der Waals surface area (Å²) in [5.41, 5.74) is 4.45. The molecule has 2 heterocycles. The number of carbonyl (C=O) groups is 2. The molecule has 0 unspecified atom stereocenters. The van der Waals surface area contributed by atoms with E-state index in [1.807, 2.05) is 32.9 Å². The molecule has 1 N–H and O–H groups in total. The molecule has 1 aromatic heterocycles. The van der Waals surface area contributed by atoms with Gasteiger partial charge in [0.25, 0.3) is 0 Å². The third-order valence-electron chi connectivity index (χ3n) is 4.37. The van der Waals surface area contributed by atoms with Crippen LogP contribution in [0.5, 0.6) is 0 Å². The molecule has 2 aromatic rings. The van der Waals surface area contributed by atoms with Crippen molar-refractivity contribution in [3.63, 3.8) is 0 Å². The summed E-state index contributed by atoms with van der Waals surface area (Å²) in [5.74, 6) is 0.523. The van der Waals surface area contributed by atoms with Crippen LogP contribution in [0, 0.1) is 20.8 Å². The maximum absolute atomic E-state index is 12.7. The van der Waals surface area contributed by atoms with Crippen LogP contribution in [-0.4, -0.2) is 29.1 Å². The van der Waals surface area contributed by atoms with Crippen molar-refractivity contribution in [2.75, 3.05) is 22.5 Å². The maximum Gasteiger partial charge on any atom is 0.227 e. The highest BCUT2D eigenvalue weighted by molar-refractivity contribution is 7.99. The lowest BCUT2D eigenvalue weighted by Crippen LogP contribution is -2.36. The fourth-order valence-electron chi connectivity index (χ4n) is 3.11. The van der Waals surface area contributed by atoms with Crippen LogP contribution in [0.15, 0.2) is 29.3 Å². The Morgan fingerprint density at radius 2 is 2.00 bits per heavy atom. The number of benzene rings is 1. The third-order valence-corrected chi connectivity index (χ3v) is 5.63. The molecular weight excluding hydrogens is 382 g/mol. The topological polar surface area (TPSA) is 62.3 Å². The van der Waals surface area contributed by atoms with E-state index in [4.69, 9.17) is 11.6 Å². The van der Waals surface area contributed by atoms with Crippen LogP contribution in [0.3, 0.4) is 0 Å². The number of carbonyl (C=O) groups excluding carboxylic acids is 2. The molecule has 3 rings (SSSR count). The molecule has 0 bridgehead atoms. The lowest BCUT2D eigenvalue weighted by molar-refractivity contribution is -0.122. The number of halogens is 1. The first-order valence-electron chi connectivity index (χ1n) is 8.82. The van der Waals surface area contributed by atoms with Gasteiger partial charge in [0.1, 0.15) is 5.03 Å². The standard InChI is InChI=1S/C20H22ClN3O2S/c1-12-4-5-16(15(21)10-12)23-17(25)6-7-18(26)24-8-9-27-20-19(24)13(2)11-14(3)22-20/h4-5,10-11H,6-9H2,1-3H3,(H,23,25). The highest BCUT2D eigenvalue weighted by Gasteiger charge is 2.26. The molecule has 7 heteroatoms. The molecular formula is C20H22ClN3O2S. The van der Waals surface area contributed by atoms with Gasteiger partial charge in [-0.3, -0.25) is 9.59 Å². The minimum absolute atomic E-state index is 0.0598. The second-order valence-electron chi connectivity index (χ2n) is 6.66. The molecule has 142 valence electrons. The first kappa shape index (κ1) is 19.7. The first-order chi connectivity index (χ1) is 12.8. The van der Waals surface area contributed by atoms with E-state index in [0.29, 0.717) is 17.3 Å². The van der Waals surface area contributed by atoms with Gasteiger partial charge in [0.2, 0.25) is 11.8 Å². The number of aryl methyl sites for hydroxylation is 3. The molecule has 0 atom stereocenters. The Morgan fingerprint density at radius 1 is 1.22 bits per heavy atom. The number of nitrogens with one attached hydrogen (secondary N) is 1. The van der Waals surface area contributed by atoms with Crippen molar-refractivity contribution in [2.45, 2.75) is 38.6 Å². The Bertz CT molecular complexity index is 901. The van der Waals surface area contributed by atoms with Crippen molar-refractivity contribution in [3.05, 3.63) is 46.1 Å². The smallest absolute Gasteiger partial charge is 0.227 e. The van der Waals surface area contributed by atoms with Crippen LogP contribution in [0.25, 0.3) is 0 Å². The summed E-state index contributed by atoms with van der Waals surface area (Å²) in [6.45, 7) is 6.51. The largest absolute Gasteiger partial charge is 0.325 e. The number of thioether (sulfide) groups is 1. The van der Waals surface area contributed by atoms with E-state index in [9.17, 15) is 9.59 Å². The van der Waals surface area contributed by atoms with Gasteiger partial charge in [-0.1, -0.05) is 17.7 Å². The molecule has 2 amide bonds. The van der Waals surface area contributed by atoms with E-state index in [0.717, 1.165) is 33.3 Å². The van der Waals surface area contributed by atoms with E-state index >= 15 is 0 Å². The summed E-state index contributed by atoms with van der Waals surface area (Å²) < 4.78 is 0. The Balaban J connectivity index is 1.64. The average Bonchev–Trinajstić information content (AvgIpc) is 2.61. The molecule has 27 heavy (non-hydrogen) atoms. The van der Waals surface area contributed by atoms with E-state index in [1.165, 1.54) is 0 Å². The quantitative estimate of drug-likeness (QED) is 0.815. The predicted molar refractivity (Wildman–Crippen MR) is 111 cm³/mol. The summed E-state index contributed by atoms with van der Waals surface area (Å²) in [6, 6.07) is 7.43. The van der Waals surface area contributed by atoms with Crippen molar-refractivity contribution in [1.82, 2.24) is 4.98 Å². The van der Waals surface area contributed by atoms with E-state index in [2.05, 4.69) is 10.3 Å². The van der Waals surface area contributed by atoms with E-state index in [-0.39, 0.29) is 24.7 Å². The summed E-state index contributed by atoms with van der Waals surface area (Å²) in [4.78, 5) is 31.3. The van der Waals surface area contributed by atoms with Crippen molar-refractivity contribution in [1.29, 1.82) is 0 Å². The summed E-state index contributed by atoms with van der Waals surface area (Å²) >= 11 is 7.81. The lowest BCUT2D eigenvalue weighted by atomic mass is 10.1. The van der Waals surface area contributed by atoms with Gasteiger partial charge in [-0.25, -0.2) is 4.98 Å². The predicted octanol–water partition coefficient (Wildman–Crippen LogP) is 4.52. The van der Waals surface area contributed by atoms with Gasteiger partial charge >= 0.3 is 0 Å². The first-order valence-corrected chi connectivity index (χ1v) is 10.2. The van der Waals surface area contributed by atoms with Gasteiger partial charge in [0.05, 0.1) is 16.4 Å². The molecule has 1 aromatic carbocycles. The number of hydrogen-bond acceptors (Lipinski definition) is 4. The number of anilines is 2. The number of pyridine rings is 1. The Hall–Kier alpha value is -2.05. The number of hydrogen-bond donors (Lipinski definition) is 1. The molecule has 0 radical (unpaired) electrons. The Labute approximate surface area is 168 Å². The molecule has 0 aliphatic carbocycles. The number of amides is 2. The highest BCUT2D eigenvalue weighted by atomic mass is 35.5. The van der Waals surface area contributed by atoms with Gasteiger partial charge in [0, 0.05) is 30.8 Å². The SMILES string of the molecule is Cc1ccc(NC(=O)CCC(=O)N2CCSc3nc(C)cc(C)c32)c(Cl)c1. The Morgan fingerprint density at radius 3 is 2.74 bits per heavy atom. The molecule has 0 spiro atoms. The zero-order valence-corrected chi connectivity index (χ0v) is 17.2. The monoisotopic (exact) mass is 403 g/mol. The number of aromatic nitrogens is 1. The van der Waals surface area contributed by atoms with Crippen LogP contribution >= 0.6 is 23.4 Å². The molecule has 0 saturated carbocycles. The summed E-state index contributed by atoms with van der Waals surface area (Å²) in [7, 11) is 0. The minimum Gasteiger partial charge on any atom is -0.325 e. The number of nitrogens with zero attached hydrogens (tertiary/aromatic N) is 2. The van der Waals surface area contributed by atoms with Crippen LogP contribution in [-0.2, 0) is 9.59 Å². The third kappa shape index (κ3) is 4.62. The number of fused-ring (bicyclic) bond motifs is 1. The van der Waals surface area contributed by atoms with Crippen molar-refractivity contribution < 1.29 is 9.59 Å². The summed E-state index contributed by atoms with van der Waals surface area (Å²) in [6.07, 6.45) is 0.257. The van der Waals surface area contributed by atoms with E-state index in [1.54, 1.807) is 28.8 Å². The van der Waals surface area contributed by atoms with Gasteiger partial charge in [-0.05, 0) is 50.1 Å². The zero-order chi connectivity index (χ0) is 19.6. The Kier molecular flexibility index (Phi) is 6.07. The van der Waals surface area contributed by atoms with E-state index < -0.39 is 0 Å².